The first-order valence-corrected chi connectivity index (χ1v) is 8.43. The minimum Gasteiger partial charge on any atom is -0.482 e. The zero-order valence-corrected chi connectivity index (χ0v) is 15.0. The Hall–Kier alpha value is -3.48. The van der Waals surface area contributed by atoms with E-state index in [0.29, 0.717) is 0 Å². The maximum Gasteiger partial charge on any atom is 0.358 e. The summed E-state index contributed by atoms with van der Waals surface area (Å²) in [6.45, 7) is 0.0578. The summed E-state index contributed by atoms with van der Waals surface area (Å²) in [5.41, 5.74) is 0.409. The van der Waals surface area contributed by atoms with Crippen molar-refractivity contribution in [2.75, 3.05) is 7.11 Å². The SMILES string of the molecule is COC(=O)c1[nH]cc(Cc2ccc(F)cc2F)c(=O)c1OCc1ccccc1. The maximum atomic E-state index is 13.9. The minimum absolute atomic E-state index is 0.0578. The molecule has 1 N–H and O–H groups in total. The Morgan fingerprint density at radius 1 is 1.07 bits per heavy atom. The van der Waals surface area contributed by atoms with Crippen LogP contribution in [0.15, 0.2) is 59.5 Å². The zero-order chi connectivity index (χ0) is 20.1. The third kappa shape index (κ3) is 4.25. The Morgan fingerprint density at radius 3 is 2.50 bits per heavy atom. The fraction of sp³-hybridized carbons (Fsp3) is 0.143. The molecule has 0 spiro atoms. The van der Waals surface area contributed by atoms with Crippen molar-refractivity contribution in [3.63, 3.8) is 0 Å². The average Bonchev–Trinajstić information content (AvgIpc) is 2.70. The van der Waals surface area contributed by atoms with E-state index >= 15 is 0 Å². The molecular weight excluding hydrogens is 368 g/mol. The number of pyridine rings is 1. The Bertz CT molecular complexity index is 1050. The molecule has 0 aliphatic heterocycles. The molecule has 3 rings (SSSR count). The van der Waals surface area contributed by atoms with Crippen molar-refractivity contribution in [2.24, 2.45) is 0 Å². The summed E-state index contributed by atoms with van der Waals surface area (Å²) in [6.07, 6.45) is 1.21. The van der Waals surface area contributed by atoms with Gasteiger partial charge in [0.15, 0.2) is 11.4 Å². The molecule has 0 radical (unpaired) electrons. The van der Waals surface area contributed by atoms with Crippen LogP contribution in [0.1, 0.15) is 27.2 Å². The smallest absolute Gasteiger partial charge is 0.358 e. The molecule has 0 aliphatic rings. The number of H-pyrrole nitrogens is 1. The van der Waals surface area contributed by atoms with Crippen molar-refractivity contribution in [3.05, 3.63) is 99.0 Å². The summed E-state index contributed by atoms with van der Waals surface area (Å²) in [7, 11) is 1.18. The van der Waals surface area contributed by atoms with Gasteiger partial charge in [-0.1, -0.05) is 36.4 Å². The van der Waals surface area contributed by atoms with Gasteiger partial charge in [-0.05, 0) is 17.2 Å². The van der Waals surface area contributed by atoms with Crippen LogP contribution in [-0.2, 0) is 17.8 Å². The lowest BCUT2D eigenvalue weighted by molar-refractivity contribution is 0.0588. The molecular formula is C21H17F2NO4. The van der Waals surface area contributed by atoms with Crippen LogP contribution < -0.4 is 10.2 Å². The number of benzene rings is 2. The lowest BCUT2D eigenvalue weighted by Crippen LogP contribution is -2.20. The van der Waals surface area contributed by atoms with Gasteiger partial charge in [-0.15, -0.1) is 0 Å². The van der Waals surface area contributed by atoms with Crippen molar-refractivity contribution in [3.8, 4) is 5.75 Å². The van der Waals surface area contributed by atoms with Gasteiger partial charge in [0.2, 0.25) is 5.43 Å². The monoisotopic (exact) mass is 385 g/mol. The summed E-state index contributed by atoms with van der Waals surface area (Å²) in [6, 6.07) is 12.2. The number of esters is 1. The van der Waals surface area contributed by atoms with E-state index in [1.165, 1.54) is 19.4 Å². The molecule has 0 fully saturated rings. The molecule has 0 unspecified atom stereocenters. The number of carbonyl (C=O) groups excluding carboxylic acids is 1. The van der Waals surface area contributed by atoms with Crippen LogP contribution in [0, 0.1) is 11.6 Å². The van der Waals surface area contributed by atoms with Gasteiger partial charge in [0, 0.05) is 24.2 Å². The van der Waals surface area contributed by atoms with E-state index in [1.807, 2.05) is 30.3 Å². The normalized spacial score (nSPS) is 10.5. The van der Waals surface area contributed by atoms with Gasteiger partial charge in [0.1, 0.15) is 18.2 Å². The van der Waals surface area contributed by atoms with E-state index in [0.717, 1.165) is 17.7 Å². The number of aromatic amines is 1. The van der Waals surface area contributed by atoms with E-state index < -0.39 is 23.0 Å². The summed E-state index contributed by atoms with van der Waals surface area (Å²) >= 11 is 0. The van der Waals surface area contributed by atoms with Gasteiger partial charge in [0.25, 0.3) is 0 Å². The predicted octanol–water partition coefficient (Wildman–Crippen LogP) is 3.61. The van der Waals surface area contributed by atoms with Crippen molar-refractivity contribution in [1.82, 2.24) is 4.98 Å². The number of hydrogen-bond acceptors (Lipinski definition) is 4. The number of halogens is 2. The highest BCUT2D eigenvalue weighted by molar-refractivity contribution is 5.90. The second-order valence-electron chi connectivity index (χ2n) is 6.03. The third-order valence-electron chi connectivity index (χ3n) is 4.13. The Kier molecular flexibility index (Phi) is 5.84. The lowest BCUT2D eigenvalue weighted by Gasteiger charge is -2.12. The first-order chi connectivity index (χ1) is 13.5. The quantitative estimate of drug-likeness (QED) is 0.659. The zero-order valence-electron chi connectivity index (χ0n) is 15.0. The van der Waals surface area contributed by atoms with Crippen LogP contribution in [0.25, 0.3) is 0 Å². The third-order valence-corrected chi connectivity index (χ3v) is 4.13. The summed E-state index contributed by atoms with van der Waals surface area (Å²) in [5.74, 6) is -2.44. The van der Waals surface area contributed by atoms with Gasteiger partial charge in [0.05, 0.1) is 7.11 Å². The van der Waals surface area contributed by atoms with Crippen LogP contribution in [0.2, 0.25) is 0 Å². The first kappa shape index (κ1) is 19.3. The molecule has 7 heteroatoms. The van der Waals surface area contributed by atoms with Gasteiger partial charge >= 0.3 is 5.97 Å². The summed E-state index contributed by atoms with van der Waals surface area (Å²) in [4.78, 5) is 27.5. The van der Waals surface area contributed by atoms with E-state index in [1.54, 1.807) is 0 Å². The van der Waals surface area contributed by atoms with Crippen LogP contribution in [0.4, 0.5) is 8.78 Å². The molecule has 0 amide bonds. The molecule has 0 bridgehead atoms. The molecule has 144 valence electrons. The highest BCUT2D eigenvalue weighted by atomic mass is 19.1. The standard InChI is InChI=1S/C21H17F2NO4/c1-27-21(26)18-20(28-12-13-5-3-2-4-6-13)19(25)15(11-24-18)9-14-7-8-16(22)10-17(14)23/h2-8,10-11H,9,12H2,1H3,(H,24,25). The number of methoxy groups -OCH3 is 1. The van der Waals surface area contributed by atoms with Crippen molar-refractivity contribution in [1.29, 1.82) is 0 Å². The van der Waals surface area contributed by atoms with Gasteiger partial charge in [-0.3, -0.25) is 4.79 Å². The van der Waals surface area contributed by atoms with Crippen molar-refractivity contribution < 1.29 is 23.0 Å². The lowest BCUT2D eigenvalue weighted by atomic mass is 10.0. The topological polar surface area (TPSA) is 68.4 Å². The van der Waals surface area contributed by atoms with E-state index in [9.17, 15) is 18.4 Å². The van der Waals surface area contributed by atoms with Gasteiger partial charge in [-0.25, -0.2) is 13.6 Å². The number of hydrogen-bond donors (Lipinski definition) is 1. The van der Waals surface area contributed by atoms with Crippen LogP contribution >= 0.6 is 0 Å². The molecule has 0 aliphatic carbocycles. The molecule has 1 aromatic heterocycles. The highest BCUT2D eigenvalue weighted by Crippen LogP contribution is 2.18. The van der Waals surface area contributed by atoms with E-state index in [-0.39, 0.29) is 35.6 Å². The fourth-order valence-corrected chi connectivity index (χ4v) is 2.67. The number of aromatic nitrogens is 1. The Morgan fingerprint density at radius 2 is 1.82 bits per heavy atom. The molecule has 28 heavy (non-hydrogen) atoms. The molecule has 0 atom stereocenters. The van der Waals surface area contributed by atoms with Crippen LogP contribution in [-0.4, -0.2) is 18.1 Å². The molecule has 5 nitrogen and oxygen atoms in total. The van der Waals surface area contributed by atoms with E-state index in [4.69, 9.17) is 4.74 Å². The average molecular weight is 385 g/mol. The van der Waals surface area contributed by atoms with Gasteiger partial charge < -0.3 is 14.5 Å². The Labute approximate surface area is 159 Å². The second kappa shape index (κ2) is 8.47. The van der Waals surface area contributed by atoms with Crippen LogP contribution in [0.5, 0.6) is 5.75 Å². The second-order valence-corrected chi connectivity index (χ2v) is 6.03. The number of rotatable bonds is 6. The van der Waals surface area contributed by atoms with Crippen molar-refractivity contribution in [2.45, 2.75) is 13.0 Å². The fourth-order valence-electron chi connectivity index (χ4n) is 2.67. The number of nitrogens with one attached hydrogen (secondary N) is 1. The molecule has 2 aromatic carbocycles. The van der Waals surface area contributed by atoms with Crippen LogP contribution in [0.3, 0.4) is 0 Å². The van der Waals surface area contributed by atoms with Gasteiger partial charge in [-0.2, -0.15) is 0 Å². The highest BCUT2D eigenvalue weighted by Gasteiger charge is 2.20. The van der Waals surface area contributed by atoms with Crippen molar-refractivity contribution >= 4 is 5.97 Å². The predicted molar refractivity (Wildman–Crippen MR) is 98.3 cm³/mol. The molecule has 0 saturated carbocycles. The first-order valence-electron chi connectivity index (χ1n) is 8.43. The number of ether oxygens (including phenoxy) is 2. The summed E-state index contributed by atoms with van der Waals surface area (Å²) < 4.78 is 37.3. The molecule has 0 saturated heterocycles. The summed E-state index contributed by atoms with van der Waals surface area (Å²) in [5, 5.41) is 0. The Balaban J connectivity index is 1.96. The number of carbonyl (C=O) groups is 1. The molecule has 1 heterocycles. The van der Waals surface area contributed by atoms with E-state index in [2.05, 4.69) is 9.72 Å². The minimum atomic E-state index is -0.764. The molecule has 3 aromatic rings. The largest absolute Gasteiger partial charge is 0.482 e. The maximum absolute atomic E-state index is 13.9.